The molecule has 0 spiro atoms. The Morgan fingerprint density at radius 1 is 1.30 bits per heavy atom. The van der Waals surface area contributed by atoms with Crippen LogP contribution in [0.5, 0.6) is 0 Å². The first-order valence-electron chi connectivity index (χ1n) is 6.87. The fourth-order valence-electron chi connectivity index (χ4n) is 2.08. The van der Waals surface area contributed by atoms with E-state index in [-0.39, 0.29) is 30.0 Å². The summed E-state index contributed by atoms with van der Waals surface area (Å²) in [5.74, 6) is 0.361. The van der Waals surface area contributed by atoms with E-state index in [0.29, 0.717) is 22.5 Å². The Kier molecular flexibility index (Phi) is 8.08. The van der Waals surface area contributed by atoms with Crippen LogP contribution in [0.1, 0.15) is 29.7 Å². The van der Waals surface area contributed by atoms with Gasteiger partial charge in [-0.1, -0.05) is 35.3 Å². The quantitative estimate of drug-likeness (QED) is 0.398. The molecule has 1 heterocycles. The molecule has 1 aromatic carbocycles. The van der Waals surface area contributed by atoms with Gasteiger partial charge in [-0.05, 0) is 42.7 Å². The molecular weight excluding hydrogens is 446 g/mol. The van der Waals surface area contributed by atoms with Crippen LogP contribution in [0.4, 0.5) is 0 Å². The van der Waals surface area contributed by atoms with Gasteiger partial charge in [0.15, 0.2) is 5.96 Å². The summed E-state index contributed by atoms with van der Waals surface area (Å²) in [5, 5.41) is 4.33. The molecule has 4 nitrogen and oxygen atoms in total. The molecular formula is C16H19Cl2IN4. The minimum atomic E-state index is -0.0656. The molecule has 23 heavy (non-hydrogen) atoms. The van der Waals surface area contributed by atoms with Crippen LogP contribution >= 0.6 is 47.2 Å². The molecule has 0 saturated carbocycles. The largest absolute Gasteiger partial charge is 0.370 e. The normalized spacial score (nSPS) is 12.4. The van der Waals surface area contributed by atoms with Crippen LogP contribution in [-0.4, -0.2) is 10.9 Å². The van der Waals surface area contributed by atoms with Gasteiger partial charge in [0.2, 0.25) is 0 Å². The number of nitrogens with two attached hydrogens (primary N) is 1. The molecule has 2 rings (SSSR count). The third-order valence-electron chi connectivity index (χ3n) is 3.16. The van der Waals surface area contributed by atoms with Crippen molar-refractivity contribution in [1.82, 2.24) is 10.3 Å². The lowest BCUT2D eigenvalue weighted by atomic mass is 10.1. The van der Waals surface area contributed by atoms with Gasteiger partial charge in [-0.25, -0.2) is 4.99 Å². The molecule has 7 heteroatoms. The molecule has 1 atom stereocenters. The van der Waals surface area contributed by atoms with E-state index in [4.69, 9.17) is 28.9 Å². The Morgan fingerprint density at radius 2 is 2.04 bits per heavy atom. The second kappa shape index (κ2) is 9.30. The molecule has 0 aliphatic heterocycles. The van der Waals surface area contributed by atoms with Crippen LogP contribution in [0.3, 0.4) is 0 Å². The van der Waals surface area contributed by atoms with Crippen molar-refractivity contribution in [3.05, 3.63) is 63.4 Å². The number of pyridine rings is 1. The minimum Gasteiger partial charge on any atom is -0.370 e. The SMILES string of the molecule is Cc1cncc(CN=C(N)NC(C)c2ccc(Cl)cc2Cl)c1.I. The number of aromatic nitrogens is 1. The topological polar surface area (TPSA) is 63.3 Å². The lowest BCUT2D eigenvalue weighted by molar-refractivity contribution is 0.708. The molecule has 0 fully saturated rings. The predicted octanol–water partition coefficient (Wildman–Crippen LogP) is 4.48. The maximum absolute atomic E-state index is 6.18. The number of rotatable bonds is 4. The number of nitrogens with zero attached hydrogens (tertiary/aromatic N) is 2. The zero-order chi connectivity index (χ0) is 16.1. The molecule has 0 amide bonds. The van der Waals surface area contributed by atoms with Gasteiger partial charge in [0.25, 0.3) is 0 Å². The summed E-state index contributed by atoms with van der Waals surface area (Å²) in [6.45, 7) is 4.44. The number of aliphatic imine (C=N–C) groups is 1. The summed E-state index contributed by atoms with van der Waals surface area (Å²) >= 11 is 12.1. The van der Waals surface area contributed by atoms with Crippen molar-refractivity contribution in [2.45, 2.75) is 26.4 Å². The third-order valence-corrected chi connectivity index (χ3v) is 3.72. The van der Waals surface area contributed by atoms with Crippen molar-refractivity contribution in [2.75, 3.05) is 0 Å². The first-order chi connectivity index (χ1) is 10.5. The fraction of sp³-hybridized carbons (Fsp3) is 0.250. The van der Waals surface area contributed by atoms with Crippen molar-refractivity contribution in [3.8, 4) is 0 Å². The Balaban J connectivity index is 0.00000264. The first-order valence-corrected chi connectivity index (χ1v) is 7.63. The first kappa shape index (κ1) is 20.0. The zero-order valence-corrected chi connectivity index (χ0v) is 16.7. The molecule has 3 N–H and O–H groups in total. The second-order valence-corrected chi connectivity index (χ2v) is 5.95. The van der Waals surface area contributed by atoms with Gasteiger partial charge in [0.05, 0.1) is 12.6 Å². The van der Waals surface area contributed by atoms with E-state index in [1.165, 1.54) is 0 Å². The fourth-order valence-corrected chi connectivity index (χ4v) is 2.65. The standard InChI is InChI=1S/C16H18Cl2N4.HI/c1-10-5-12(8-20-7-10)9-21-16(19)22-11(2)14-4-3-13(17)6-15(14)18;/h3-8,11H,9H2,1-2H3,(H3,19,21,22);1H. The van der Waals surface area contributed by atoms with Crippen LogP contribution in [0.25, 0.3) is 0 Å². The number of benzene rings is 1. The van der Waals surface area contributed by atoms with Crippen molar-refractivity contribution >= 4 is 53.1 Å². The van der Waals surface area contributed by atoms with E-state index in [2.05, 4.69) is 15.3 Å². The van der Waals surface area contributed by atoms with Crippen molar-refractivity contribution < 1.29 is 0 Å². The van der Waals surface area contributed by atoms with E-state index in [0.717, 1.165) is 16.7 Å². The highest BCUT2D eigenvalue weighted by molar-refractivity contribution is 14.0. The summed E-state index contributed by atoms with van der Waals surface area (Å²) in [5.41, 5.74) is 8.96. The maximum atomic E-state index is 6.18. The summed E-state index contributed by atoms with van der Waals surface area (Å²) in [6.07, 6.45) is 3.59. The highest BCUT2D eigenvalue weighted by Crippen LogP contribution is 2.25. The van der Waals surface area contributed by atoms with Crippen molar-refractivity contribution in [1.29, 1.82) is 0 Å². The Labute approximate surface area is 163 Å². The summed E-state index contributed by atoms with van der Waals surface area (Å²) in [7, 11) is 0. The van der Waals surface area contributed by atoms with Crippen LogP contribution in [-0.2, 0) is 6.54 Å². The minimum absolute atomic E-state index is 0. The van der Waals surface area contributed by atoms with E-state index < -0.39 is 0 Å². The van der Waals surface area contributed by atoms with Crippen molar-refractivity contribution in [3.63, 3.8) is 0 Å². The van der Waals surface area contributed by atoms with Gasteiger partial charge in [-0.3, -0.25) is 4.98 Å². The van der Waals surface area contributed by atoms with Crippen LogP contribution < -0.4 is 11.1 Å². The molecule has 0 radical (unpaired) electrons. The summed E-state index contributed by atoms with van der Waals surface area (Å²) in [4.78, 5) is 8.45. The van der Waals surface area contributed by atoms with Gasteiger partial charge < -0.3 is 11.1 Å². The molecule has 2 aromatic rings. The highest BCUT2D eigenvalue weighted by atomic mass is 127. The number of halogens is 3. The van der Waals surface area contributed by atoms with Crippen LogP contribution in [0.15, 0.2) is 41.7 Å². The number of hydrogen-bond acceptors (Lipinski definition) is 2. The third kappa shape index (κ3) is 6.16. The molecule has 0 aliphatic rings. The zero-order valence-electron chi connectivity index (χ0n) is 12.9. The van der Waals surface area contributed by atoms with Gasteiger partial charge >= 0.3 is 0 Å². The number of guanidine groups is 1. The summed E-state index contributed by atoms with van der Waals surface area (Å²) in [6, 6.07) is 7.35. The maximum Gasteiger partial charge on any atom is 0.189 e. The number of aryl methyl sites for hydroxylation is 1. The monoisotopic (exact) mass is 464 g/mol. The molecule has 0 saturated heterocycles. The highest BCUT2D eigenvalue weighted by Gasteiger charge is 2.10. The Hall–Kier alpha value is -1.05. The predicted molar refractivity (Wildman–Crippen MR) is 108 cm³/mol. The Bertz CT molecular complexity index is 692. The average Bonchev–Trinajstić information content (AvgIpc) is 2.45. The molecule has 1 unspecified atom stereocenters. The van der Waals surface area contributed by atoms with Gasteiger partial charge in [-0.15, -0.1) is 24.0 Å². The van der Waals surface area contributed by atoms with Crippen molar-refractivity contribution in [2.24, 2.45) is 10.7 Å². The number of nitrogens with one attached hydrogen (secondary N) is 1. The smallest absolute Gasteiger partial charge is 0.189 e. The average molecular weight is 465 g/mol. The van der Waals surface area contributed by atoms with E-state index >= 15 is 0 Å². The molecule has 1 aromatic heterocycles. The second-order valence-electron chi connectivity index (χ2n) is 5.10. The van der Waals surface area contributed by atoms with Crippen LogP contribution in [0, 0.1) is 6.92 Å². The Morgan fingerprint density at radius 3 is 2.70 bits per heavy atom. The number of hydrogen-bond donors (Lipinski definition) is 2. The van der Waals surface area contributed by atoms with Crippen LogP contribution in [0.2, 0.25) is 10.0 Å². The molecule has 0 aliphatic carbocycles. The van der Waals surface area contributed by atoms with E-state index in [1.54, 1.807) is 24.5 Å². The van der Waals surface area contributed by atoms with Gasteiger partial charge in [-0.2, -0.15) is 0 Å². The van der Waals surface area contributed by atoms with E-state index in [1.807, 2.05) is 26.0 Å². The summed E-state index contributed by atoms with van der Waals surface area (Å²) < 4.78 is 0. The van der Waals surface area contributed by atoms with E-state index in [9.17, 15) is 0 Å². The molecule has 124 valence electrons. The lowest BCUT2D eigenvalue weighted by Gasteiger charge is -2.16. The van der Waals surface area contributed by atoms with Gasteiger partial charge in [0.1, 0.15) is 0 Å². The molecule has 0 bridgehead atoms. The van der Waals surface area contributed by atoms with Gasteiger partial charge in [0, 0.05) is 22.4 Å². The lowest BCUT2D eigenvalue weighted by Crippen LogP contribution is -2.34.